The number of aromatic nitrogens is 1. The number of anilines is 2. The Labute approximate surface area is 296 Å². The zero-order chi connectivity index (χ0) is 35.7. The number of oxime groups is 1. The molecule has 18 heteroatoms. The number of hydrogen-bond acceptors (Lipinski definition) is 13. The lowest BCUT2D eigenvalue weighted by Gasteiger charge is -2.49. The number of nitrogens with two attached hydrogens (primary N) is 1. The minimum atomic E-state index is -1.95. The molecule has 0 aliphatic carbocycles. The van der Waals surface area contributed by atoms with E-state index in [9.17, 15) is 39.6 Å². The van der Waals surface area contributed by atoms with Crippen LogP contribution < -0.4 is 16.0 Å². The number of β-lactam (4-membered cyclic amide) rings is 1. The van der Waals surface area contributed by atoms with Crippen LogP contribution in [0, 0.1) is 0 Å². The molecular weight excluding hydrogens is 712 g/mol. The topological polar surface area (TPSA) is 228 Å². The maximum atomic E-state index is 13.5. The Morgan fingerprint density at radius 3 is 2.70 bits per heavy atom. The van der Waals surface area contributed by atoms with Crippen LogP contribution in [0.1, 0.15) is 22.9 Å². The number of carbonyl (C=O) groups is 4. The van der Waals surface area contributed by atoms with Crippen LogP contribution in [0.5, 0.6) is 11.5 Å². The van der Waals surface area contributed by atoms with Gasteiger partial charge in [0.1, 0.15) is 22.8 Å². The number of aliphatic carboxylic acids is 2. The summed E-state index contributed by atoms with van der Waals surface area (Å²) in [5, 5.41) is 46.0. The Bertz CT molecular complexity index is 2030. The highest BCUT2D eigenvalue weighted by Gasteiger charge is 2.54. The number of fused-ring (bicyclic) bond motifs is 2. The van der Waals surface area contributed by atoms with Gasteiger partial charge in [0.2, 0.25) is 6.10 Å². The molecule has 2 aromatic carbocycles. The summed E-state index contributed by atoms with van der Waals surface area (Å²) in [5.41, 5.74) is 7.20. The number of phenolic OH excluding ortho intramolecular Hbond substituents is 2. The van der Waals surface area contributed by atoms with E-state index in [1.807, 2.05) is 42.5 Å². The minimum absolute atomic E-state index is 0.0494. The standard InChI is InChI=1S/C32H27ClN6O9S2/c33-21-17(9-10-20(40)25(21)41)26(31(46)47)48-37-22(18-14-50-32(34)35-18)27(42)36-23-28(43)39-24(30(44)45)16(13-49-29(23)39)7-4-12-38-11-3-6-15-5-1-2-8-19(15)38/h1-10,14,23,26,29,40-41H,11-13H2,(H2,34,35)(H,36,42)(H,44,45)(H,46,47). The molecular formula is C32H27ClN6O9S2. The van der Waals surface area contributed by atoms with Crippen molar-refractivity contribution < 1.29 is 44.4 Å². The molecule has 1 saturated heterocycles. The third-order valence-corrected chi connectivity index (χ3v) is 10.3. The van der Waals surface area contributed by atoms with Crippen LogP contribution in [0.2, 0.25) is 5.02 Å². The van der Waals surface area contributed by atoms with E-state index in [0.717, 1.165) is 39.6 Å². The quantitative estimate of drug-likeness (QED) is 0.0720. The fourth-order valence-corrected chi connectivity index (χ4v) is 7.64. The predicted molar refractivity (Wildman–Crippen MR) is 186 cm³/mol. The molecule has 0 bridgehead atoms. The molecule has 2 amide bonds. The van der Waals surface area contributed by atoms with Crippen molar-refractivity contribution in [3.8, 4) is 11.5 Å². The van der Waals surface area contributed by atoms with Crippen LogP contribution in [0.25, 0.3) is 6.08 Å². The number of benzene rings is 2. The van der Waals surface area contributed by atoms with Crippen LogP contribution in [-0.2, 0) is 24.0 Å². The summed E-state index contributed by atoms with van der Waals surface area (Å²) in [7, 11) is 0. The van der Waals surface area contributed by atoms with Crippen molar-refractivity contribution in [3.63, 3.8) is 0 Å². The number of amides is 2. The van der Waals surface area contributed by atoms with Crippen LogP contribution in [0.15, 0.2) is 76.4 Å². The third kappa shape index (κ3) is 6.57. The van der Waals surface area contributed by atoms with Crippen molar-refractivity contribution >= 4 is 81.1 Å². The number of carboxylic acid groups (broad SMARTS) is 2. The number of nitrogen functional groups attached to an aromatic ring is 1. The molecule has 6 rings (SSSR count). The smallest absolute Gasteiger partial charge is 0.352 e. The van der Waals surface area contributed by atoms with Gasteiger partial charge in [0, 0.05) is 35.5 Å². The lowest BCUT2D eigenvalue weighted by molar-refractivity contribution is -0.151. The van der Waals surface area contributed by atoms with Crippen LogP contribution in [0.3, 0.4) is 0 Å². The van der Waals surface area contributed by atoms with Gasteiger partial charge < -0.3 is 41.2 Å². The SMILES string of the molecule is Nc1nc(C(=NOC(C(=O)O)c2ccc(O)c(O)c2Cl)C(=O)NC2C(=O)N3C(C(=O)O)=C(C=CCN4CC=Cc5ccccc54)CSC23)cs1. The van der Waals surface area contributed by atoms with E-state index in [-0.39, 0.29) is 27.8 Å². The number of nitrogens with one attached hydrogen (secondary N) is 1. The van der Waals surface area contributed by atoms with Gasteiger partial charge in [-0.1, -0.05) is 59.3 Å². The summed E-state index contributed by atoms with van der Waals surface area (Å²) in [6.45, 7) is 1.19. The molecule has 3 aliphatic rings. The number of phenols is 2. The van der Waals surface area contributed by atoms with Crippen molar-refractivity contribution in [2.24, 2.45) is 5.16 Å². The fraction of sp³-hybridized carbons (Fsp3) is 0.188. The highest BCUT2D eigenvalue weighted by atomic mass is 35.5. The number of thiazole rings is 1. The Kier molecular flexibility index (Phi) is 9.72. The van der Waals surface area contributed by atoms with Gasteiger partial charge in [-0.05, 0) is 29.3 Å². The monoisotopic (exact) mass is 738 g/mol. The van der Waals surface area contributed by atoms with Crippen molar-refractivity contribution in [2.45, 2.75) is 17.5 Å². The van der Waals surface area contributed by atoms with E-state index >= 15 is 0 Å². The molecule has 3 aromatic rings. The second-order valence-corrected chi connectivity index (χ2v) is 13.4. The number of allylic oxidation sites excluding steroid dienone is 1. The Morgan fingerprint density at radius 2 is 1.98 bits per heavy atom. The average molecular weight is 739 g/mol. The Balaban J connectivity index is 1.20. The first-order valence-corrected chi connectivity index (χ1v) is 17.0. The van der Waals surface area contributed by atoms with Crippen LogP contribution in [-0.4, -0.2) is 90.0 Å². The molecule has 50 heavy (non-hydrogen) atoms. The van der Waals surface area contributed by atoms with E-state index in [1.54, 1.807) is 6.08 Å². The second kappa shape index (κ2) is 14.1. The van der Waals surface area contributed by atoms with E-state index < -0.39 is 63.5 Å². The highest BCUT2D eigenvalue weighted by Crippen LogP contribution is 2.41. The molecule has 0 radical (unpaired) electrons. The lowest BCUT2D eigenvalue weighted by atomic mass is 10.0. The van der Waals surface area contributed by atoms with Crippen molar-refractivity contribution in [1.29, 1.82) is 0 Å². The molecule has 4 heterocycles. The summed E-state index contributed by atoms with van der Waals surface area (Å²) >= 11 is 8.24. The number of halogens is 1. The number of carboxylic acids is 2. The molecule has 1 aromatic heterocycles. The summed E-state index contributed by atoms with van der Waals surface area (Å²) in [4.78, 5) is 63.9. The predicted octanol–water partition coefficient (Wildman–Crippen LogP) is 3.16. The summed E-state index contributed by atoms with van der Waals surface area (Å²) in [6, 6.07) is 8.85. The number of carbonyl (C=O) groups excluding carboxylic acids is 2. The third-order valence-electron chi connectivity index (χ3n) is 7.89. The maximum absolute atomic E-state index is 13.5. The molecule has 0 spiro atoms. The van der Waals surface area contributed by atoms with Gasteiger partial charge in [-0.25, -0.2) is 14.6 Å². The molecule has 0 saturated carbocycles. The first kappa shape index (κ1) is 34.3. The van der Waals surface area contributed by atoms with Gasteiger partial charge in [0.15, 0.2) is 22.3 Å². The average Bonchev–Trinajstić information content (AvgIpc) is 3.53. The molecule has 1 fully saturated rings. The van der Waals surface area contributed by atoms with Gasteiger partial charge >= 0.3 is 11.9 Å². The van der Waals surface area contributed by atoms with Crippen molar-refractivity contribution in [1.82, 2.24) is 15.2 Å². The van der Waals surface area contributed by atoms with Crippen molar-refractivity contribution in [3.05, 3.63) is 93.1 Å². The minimum Gasteiger partial charge on any atom is -0.504 e. The van der Waals surface area contributed by atoms with E-state index in [0.29, 0.717) is 18.7 Å². The van der Waals surface area contributed by atoms with Gasteiger partial charge in [-0.3, -0.25) is 14.5 Å². The van der Waals surface area contributed by atoms with Crippen molar-refractivity contribution in [2.75, 3.05) is 29.5 Å². The van der Waals surface area contributed by atoms with Gasteiger partial charge in [-0.2, -0.15) is 0 Å². The van der Waals surface area contributed by atoms with Crippen LogP contribution >= 0.6 is 34.7 Å². The first-order chi connectivity index (χ1) is 24.0. The van der Waals surface area contributed by atoms with E-state index in [1.165, 1.54) is 17.1 Å². The largest absolute Gasteiger partial charge is 0.504 e. The van der Waals surface area contributed by atoms with Gasteiger partial charge in [0.25, 0.3) is 11.8 Å². The second-order valence-electron chi connectivity index (χ2n) is 11.0. The van der Waals surface area contributed by atoms with E-state index in [4.69, 9.17) is 22.2 Å². The lowest BCUT2D eigenvalue weighted by Crippen LogP contribution is -2.71. The van der Waals surface area contributed by atoms with Gasteiger partial charge in [0.05, 0.1) is 5.02 Å². The van der Waals surface area contributed by atoms with Crippen LogP contribution in [0.4, 0.5) is 10.8 Å². The number of nitrogens with zero attached hydrogens (tertiary/aromatic N) is 4. The maximum Gasteiger partial charge on any atom is 0.352 e. The molecule has 3 atom stereocenters. The number of thioether (sulfide) groups is 1. The van der Waals surface area contributed by atoms with E-state index in [2.05, 4.69) is 20.4 Å². The molecule has 7 N–H and O–H groups in total. The zero-order valence-corrected chi connectivity index (χ0v) is 28.0. The Morgan fingerprint density at radius 1 is 1.20 bits per heavy atom. The molecule has 3 unspecified atom stereocenters. The number of para-hydroxylation sites is 1. The molecule has 3 aliphatic heterocycles. The van der Waals surface area contributed by atoms with Gasteiger partial charge in [-0.15, -0.1) is 23.1 Å². The summed E-state index contributed by atoms with van der Waals surface area (Å²) in [6.07, 6.45) is 5.68. The zero-order valence-electron chi connectivity index (χ0n) is 25.6. The summed E-state index contributed by atoms with van der Waals surface area (Å²) < 4.78 is 0. The highest BCUT2D eigenvalue weighted by molar-refractivity contribution is 8.00. The normalized spacial score (nSPS) is 19.1. The number of hydrogen-bond donors (Lipinski definition) is 6. The molecule has 258 valence electrons. The first-order valence-electron chi connectivity index (χ1n) is 14.7. The Hall–Kier alpha value is -5.52. The fourth-order valence-electron chi connectivity index (χ4n) is 5.51. The number of aromatic hydroxyl groups is 2. The number of rotatable bonds is 11. The molecule has 15 nitrogen and oxygen atoms in total. The summed E-state index contributed by atoms with van der Waals surface area (Å²) in [5.74, 6) is -5.71.